The molecular weight excluding hydrogens is 423 g/mol. The van der Waals surface area contributed by atoms with Crippen LogP contribution in [0.5, 0.6) is 0 Å². The average molecular weight is 443 g/mol. The molecule has 2 bridgehead atoms. The van der Waals surface area contributed by atoms with E-state index in [0.717, 1.165) is 30.8 Å². The second-order valence-electron chi connectivity index (χ2n) is 8.10. The van der Waals surface area contributed by atoms with E-state index in [-0.39, 0.29) is 24.0 Å². The fourth-order valence-corrected chi connectivity index (χ4v) is 4.64. The summed E-state index contributed by atoms with van der Waals surface area (Å²) in [6, 6.07) is 5.75. The van der Waals surface area contributed by atoms with Gasteiger partial charge in [0.2, 0.25) is 0 Å². The molecular formula is C21H20F3N7O. The maximum Gasteiger partial charge on any atom is 0.417 e. The molecule has 0 saturated carbocycles. The van der Waals surface area contributed by atoms with Gasteiger partial charge in [0.25, 0.3) is 5.91 Å². The zero-order valence-electron chi connectivity index (χ0n) is 17.1. The van der Waals surface area contributed by atoms with E-state index in [1.807, 2.05) is 11.8 Å². The van der Waals surface area contributed by atoms with E-state index in [0.29, 0.717) is 23.6 Å². The Hall–Kier alpha value is -3.50. The monoisotopic (exact) mass is 443 g/mol. The highest BCUT2D eigenvalue weighted by molar-refractivity contribution is 5.98. The summed E-state index contributed by atoms with van der Waals surface area (Å²) < 4.78 is 39.8. The zero-order chi connectivity index (χ0) is 22.5. The summed E-state index contributed by atoms with van der Waals surface area (Å²) in [5.74, 6) is 0.649. The van der Waals surface area contributed by atoms with Crippen LogP contribution in [0.15, 0.2) is 42.9 Å². The Labute approximate surface area is 181 Å². The van der Waals surface area contributed by atoms with E-state index in [4.69, 9.17) is 0 Å². The molecule has 2 saturated heterocycles. The molecule has 0 aliphatic carbocycles. The van der Waals surface area contributed by atoms with Crippen molar-refractivity contribution in [3.63, 3.8) is 0 Å². The lowest BCUT2D eigenvalue weighted by molar-refractivity contribution is -0.137. The minimum absolute atomic E-state index is 0.0457. The predicted octanol–water partition coefficient (Wildman–Crippen LogP) is 3.24. The van der Waals surface area contributed by atoms with Gasteiger partial charge in [0.15, 0.2) is 5.82 Å². The molecule has 8 nitrogen and oxygen atoms in total. The van der Waals surface area contributed by atoms with Gasteiger partial charge in [0, 0.05) is 24.0 Å². The Balaban J connectivity index is 1.37. The molecule has 0 aromatic carbocycles. The third-order valence-corrected chi connectivity index (χ3v) is 6.08. The summed E-state index contributed by atoms with van der Waals surface area (Å²) in [6.45, 7) is 1.84. The molecule has 3 atom stereocenters. The van der Waals surface area contributed by atoms with Crippen LogP contribution in [-0.2, 0) is 6.18 Å². The fraction of sp³-hybridized carbons (Fsp3) is 0.381. The van der Waals surface area contributed by atoms with E-state index in [2.05, 4.69) is 25.6 Å². The Kier molecular flexibility index (Phi) is 4.83. The average Bonchev–Trinajstić information content (AvgIpc) is 3.49. The highest BCUT2D eigenvalue weighted by atomic mass is 19.4. The molecule has 1 N–H and O–H groups in total. The topological polar surface area (TPSA) is 88.8 Å². The molecule has 3 aromatic heterocycles. The number of halogens is 3. The first-order valence-electron chi connectivity index (χ1n) is 10.3. The highest BCUT2D eigenvalue weighted by Crippen LogP contribution is 2.40. The number of nitrogens with one attached hydrogen (secondary N) is 1. The number of alkyl halides is 3. The molecule has 5 heterocycles. The number of amides is 1. The van der Waals surface area contributed by atoms with Crippen molar-refractivity contribution in [2.75, 3.05) is 5.32 Å². The number of aromatic nitrogens is 5. The van der Waals surface area contributed by atoms with Gasteiger partial charge in [0.05, 0.1) is 29.6 Å². The lowest BCUT2D eigenvalue weighted by atomic mass is 9.95. The minimum Gasteiger partial charge on any atom is -0.365 e. The number of anilines is 1. The molecule has 2 aliphatic rings. The lowest BCUT2D eigenvalue weighted by Gasteiger charge is -2.26. The Morgan fingerprint density at radius 1 is 1.19 bits per heavy atom. The number of hydrogen-bond acceptors (Lipinski definition) is 6. The van der Waals surface area contributed by atoms with Crippen LogP contribution in [0.1, 0.15) is 40.9 Å². The van der Waals surface area contributed by atoms with Crippen LogP contribution in [0, 0.1) is 6.92 Å². The summed E-state index contributed by atoms with van der Waals surface area (Å²) in [4.78, 5) is 23.8. The molecule has 2 fully saturated rings. The number of rotatable bonds is 4. The van der Waals surface area contributed by atoms with Crippen LogP contribution in [0.3, 0.4) is 0 Å². The van der Waals surface area contributed by atoms with E-state index in [9.17, 15) is 18.0 Å². The molecule has 2 aliphatic heterocycles. The lowest BCUT2D eigenvalue weighted by Crippen LogP contribution is -2.40. The molecule has 0 spiro atoms. The number of carbonyl (C=O) groups excluding carboxylic acids is 1. The Morgan fingerprint density at radius 2 is 2.03 bits per heavy atom. The van der Waals surface area contributed by atoms with Crippen molar-refractivity contribution in [2.24, 2.45) is 0 Å². The van der Waals surface area contributed by atoms with Gasteiger partial charge < -0.3 is 10.2 Å². The summed E-state index contributed by atoms with van der Waals surface area (Å²) in [7, 11) is 0. The van der Waals surface area contributed by atoms with Gasteiger partial charge in [-0.3, -0.25) is 4.79 Å². The number of hydrogen-bond donors (Lipinski definition) is 1. The molecule has 0 radical (unpaired) electrons. The van der Waals surface area contributed by atoms with Gasteiger partial charge in [-0.15, -0.1) is 5.10 Å². The van der Waals surface area contributed by atoms with Crippen molar-refractivity contribution in [1.82, 2.24) is 29.9 Å². The number of pyridine rings is 2. The van der Waals surface area contributed by atoms with Crippen LogP contribution in [0.4, 0.5) is 19.0 Å². The van der Waals surface area contributed by atoms with E-state index < -0.39 is 11.7 Å². The molecule has 32 heavy (non-hydrogen) atoms. The van der Waals surface area contributed by atoms with Crippen molar-refractivity contribution in [2.45, 2.75) is 50.5 Å². The van der Waals surface area contributed by atoms with Crippen molar-refractivity contribution in [1.29, 1.82) is 0 Å². The van der Waals surface area contributed by atoms with Crippen LogP contribution in [0.25, 0.3) is 5.82 Å². The van der Waals surface area contributed by atoms with Crippen molar-refractivity contribution in [3.8, 4) is 5.82 Å². The third-order valence-electron chi connectivity index (χ3n) is 6.08. The highest BCUT2D eigenvalue weighted by Gasteiger charge is 2.49. The van der Waals surface area contributed by atoms with Gasteiger partial charge in [-0.25, -0.2) is 14.6 Å². The molecule has 5 rings (SSSR count). The van der Waals surface area contributed by atoms with Gasteiger partial charge in [-0.1, -0.05) is 5.21 Å². The molecule has 11 heteroatoms. The zero-order valence-corrected chi connectivity index (χ0v) is 17.1. The number of fused-ring (bicyclic) bond motifs is 2. The molecule has 3 unspecified atom stereocenters. The number of nitrogens with zero attached hydrogens (tertiary/aromatic N) is 6. The second kappa shape index (κ2) is 7.57. The number of aryl methyl sites for hydroxylation is 1. The Bertz CT molecular complexity index is 1130. The first kappa shape index (κ1) is 20.4. The number of carbonyl (C=O) groups is 1. The van der Waals surface area contributed by atoms with Gasteiger partial charge >= 0.3 is 6.18 Å². The van der Waals surface area contributed by atoms with E-state index in [1.165, 1.54) is 16.9 Å². The van der Waals surface area contributed by atoms with Gasteiger partial charge in [-0.2, -0.15) is 13.2 Å². The maximum atomic E-state index is 13.5. The normalized spacial score (nSPS) is 22.4. The molecule has 3 aromatic rings. The molecule has 166 valence electrons. The summed E-state index contributed by atoms with van der Waals surface area (Å²) in [6.07, 6.45) is 1.95. The summed E-state index contributed by atoms with van der Waals surface area (Å²) in [5, 5.41) is 11.0. The SMILES string of the molecule is Cc1ccc(C(=O)N2C3CCC2C(Nc2ccc(C(F)(F)F)cn2)C3)c(-n2ccnn2)n1. The third kappa shape index (κ3) is 3.57. The Morgan fingerprint density at radius 3 is 2.72 bits per heavy atom. The van der Waals surface area contributed by atoms with E-state index in [1.54, 1.807) is 18.3 Å². The van der Waals surface area contributed by atoms with Gasteiger partial charge in [0.1, 0.15) is 5.82 Å². The van der Waals surface area contributed by atoms with Crippen molar-refractivity contribution < 1.29 is 18.0 Å². The van der Waals surface area contributed by atoms with Crippen LogP contribution in [0.2, 0.25) is 0 Å². The van der Waals surface area contributed by atoms with Crippen molar-refractivity contribution in [3.05, 3.63) is 59.7 Å². The van der Waals surface area contributed by atoms with Crippen LogP contribution >= 0.6 is 0 Å². The van der Waals surface area contributed by atoms with Crippen LogP contribution < -0.4 is 5.32 Å². The smallest absolute Gasteiger partial charge is 0.365 e. The largest absolute Gasteiger partial charge is 0.417 e. The van der Waals surface area contributed by atoms with Crippen molar-refractivity contribution >= 4 is 11.7 Å². The first-order valence-corrected chi connectivity index (χ1v) is 10.3. The second-order valence-corrected chi connectivity index (χ2v) is 8.10. The minimum atomic E-state index is -4.43. The summed E-state index contributed by atoms with van der Waals surface area (Å²) >= 11 is 0. The maximum absolute atomic E-state index is 13.5. The first-order chi connectivity index (χ1) is 15.3. The standard InChI is InChI=1S/C21H20F3N7O/c1-12-2-5-15(19(27-12)30-9-8-26-29-30)20(32)31-14-4-6-17(31)16(10-14)28-18-7-3-13(11-25-18)21(22,23)24/h2-3,5,7-9,11,14,16-17H,4,6,10H2,1H3,(H,25,28). The summed E-state index contributed by atoms with van der Waals surface area (Å²) in [5.41, 5.74) is 0.399. The quantitative estimate of drug-likeness (QED) is 0.666. The van der Waals surface area contributed by atoms with Gasteiger partial charge in [-0.05, 0) is 50.5 Å². The fourth-order valence-electron chi connectivity index (χ4n) is 4.64. The van der Waals surface area contributed by atoms with E-state index >= 15 is 0 Å². The molecule has 1 amide bonds. The predicted molar refractivity (Wildman–Crippen MR) is 108 cm³/mol. The van der Waals surface area contributed by atoms with Crippen LogP contribution in [-0.4, -0.2) is 53.9 Å².